The molecule has 0 aliphatic heterocycles. The molecule has 4 rings (SSSR count). The monoisotopic (exact) mass is 328 g/mol. The number of para-hydroxylation sites is 1. The lowest BCUT2D eigenvalue weighted by molar-refractivity contribution is 0.102. The number of nitrogens with one attached hydrogen (secondary N) is 1. The molecule has 122 valence electrons. The molecule has 1 N–H and O–H groups in total. The summed E-state index contributed by atoms with van der Waals surface area (Å²) in [4.78, 5) is 26.0. The minimum Gasteiger partial charge on any atom is -0.320 e. The number of aryl methyl sites for hydroxylation is 2. The second-order valence-electron chi connectivity index (χ2n) is 5.93. The third-order valence-corrected chi connectivity index (χ3v) is 4.22. The number of carbonyl (C=O) groups excluding carboxylic acids is 1. The van der Waals surface area contributed by atoms with Crippen LogP contribution in [0.2, 0.25) is 0 Å². The first-order chi connectivity index (χ1) is 12.1. The Kier molecular flexibility index (Phi) is 3.61. The van der Waals surface area contributed by atoms with Crippen molar-refractivity contribution in [3.05, 3.63) is 71.7 Å². The van der Waals surface area contributed by atoms with Crippen LogP contribution in [0, 0.1) is 13.8 Å². The predicted octanol–water partition coefficient (Wildman–Crippen LogP) is 4.05. The van der Waals surface area contributed by atoms with Gasteiger partial charge in [0.1, 0.15) is 0 Å². The lowest BCUT2D eigenvalue weighted by Gasteiger charge is -2.09. The molecule has 0 aliphatic carbocycles. The van der Waals surface area contributed by atoms with Crippen molar-refractivity contribution in [3.8, 4) is 0 Å². The molecule has 2 aromatic carbocycles. The molecule has 0 bridgehead atoms. The molecule has 0 spiro atoms. The highest BCUT2D eigenvalue weighted by molar-refractivity contribution is 6.09. The third-order valence-electron chi connectivity index (χ3n) is 4.22. The van der Waals surface area contributed by atoms with Crippen LogP contribution in [-0.4, -0.2) is 20.9 Å². The molecule has 0 fully saturated rings. The second kappa shape index (κ2) is 5.94. The number of amides is 1. The summed E-state index contributed by atoms with van der Waals surface area (Å²) in [5.41, 5.74) is 5.26. The first-order valence-corrected chi connectivity index (χ1v) is 8.02. The van der Waals surface area contributed by atoms with E-state index in [-0.39, 0.29) is 5.91 Å². The van der Waals surface area contributed by atoms with Crippen molar-refractivity contribution in [2.45, 2.75) is 13.8 Å². The highest BCUT2D eigenvalue weighted by Gasteiger charge is 2.11. The lowest BCUT2D eigenvalue weighted by atomic mass is 10.1. The number of aromatic nitrogens is 3. The quantitative estimate of drug-likeness (QED) is 0.603. The molecule has 5 heteroatoms. The summed E-state index contributed by atoms with van der Waals surface area (Å²) in [5, 5.41) is 3.92. The van der Waals surface area contributed by atoms with Gasteiger partial charge >= 0.3 is 0 Å². The molecule has 25 heavy (non-hydrogen) atoms. The molecule has 0 saturated heterocycles. The molecule has 0 unspecified atom stereocenters. The topological polar surface area (TPSA) is 67.8 Å². The van der Waals surface area contributed by atoms with Gasteiger partial charge in [-0.15, -0.1) is 0 Å². The van der Waals surface area contributed by atoms with Gasteiger partial charge in [0.2, 0.25) is 0 Å². The van der Waals surface area contributed by atoms with Crippen LogP contribution in [0.4, 0.5) is 5.69 Å². The van der Waals surface area contributed by atoms with Crippen LogP contribution in [0.3, 0.4) is 0 Å². The van der Waals surface area contributed by atoms with Crippen molar-refractivity contribution >= 4 is 33.5 Å². The van der Waals surface area contributed by atoms with Crippen LogP contribution < -0.4 is 5.32 Å². The molecule has 0 radical (unpaired) electrons. The number of pyridine rings is 1. The van der Waals surface area contributed by atoms with Gasteiger partial charge in [-0.25, -0.2) is 9.97 Å². The Balaban J connectivity index is 1.71. The van der Waals surface area contributed by atoms with Crippen LogP contribution >= 0.6 is 0 Å². The fourth-order valence-corrected chi connectivity index (χ4v) is 2.77. The maximum atomic E-state index is 12.7. The van der Waals surface area contributed by atoms with E-state index in [2.05, 4.69) is 20.3 Å². The Bertz CT molecular complexity index is 1120. The van der Waals surface area contributed by atoms with E-state index >= 15 is 0 Å². The highest BCUT2D eigenvalue weighted by Crippen LogP contribution is 2.22. The normalized spacial score (nSPS) is 11.0. The van der Waals surface area contributed by atoms with E-state index in [0.29, 0.717) is 16.8 Å². The van der Waals surface area contributed by atoms with Gasteiger partial charge in [0.25, 0.3) is 5.91 Å². The third kappa shape index (κ3) is 2.80. The molecular weight excluding hydrogens is 312 g/mol. The van der Waals surface area contributed by atoms with Gasteiger partial charge in [0, 0.05) is 17.1 Å². The average Bonchev–Trinajstić information content (AvgIpc) is 2.62. The number of nitrogens with zero attached hydrogens (tertiary/aromatic N) is 3. The fourth-order valence-electron chi connectivity index (χ4n) is 2.77. The summed E-state index contributed by atoms with van der Waals surface area (Å²) < 4.78 is 0. The van der Waals surface area contributed by atoms with Gasteiger partial charge in [-0.1, -0.05) is 18.2 Å². The van der Waals surface area contributed by atoms with E-state index in [9.17, 15) is 4.79 Å². The molecule has 0 aliphatic rings. The zero-order chi connectivity index (χ0) is 17.4. The SMILES string of the molecule is Cc1nc2ccc(C(=O)Nc3cccc4cccnc34)cc2nc1C. The summed E-state index contributed by atoms with van der Waals surface area (Å²) in [7, 11) is 0. The number of fused-ring (bicyclic) bond motifs is 2. The van der Waals surface area contributed by atoms with Crippen molar-refractivity contribution in [1.82, 2.24) is 15.0 Å². The summed E-state index contributed by atoms with van der Waals surface area (Å²) in [6.45, 7) is 3.84. The number of rotatable bonds is 2. The van der Waals surface area contributed by atoms with Crippen molar-refractivity contribution in [2.75, 3.05) is 5.32 Å². The zero-order valence-corrected chi connectivity index (χ0v) is 13.9. The minimum atomic E-state index is -0.194. The van der Waals surface area contributed by atoms with Crippen molar-refractivity contribution in [3.63, 3.8) is 0 Å². The smallest absolute Gasteiger partial charge is 0.255 e. The van der Waals surface area contributed by atoms with Crippen molar-refractivity contribution < 1.29 is 4.79 Å². The molecule has 1 amide bonds. The van der Waals surface area contributed by atoms with E-state index in [1.165, 1.54) is 0 Å². The number of carbonyl (C=O) groups is 1. The van der Waals surface area contributed by atoms with Crippen LogP contribution in [0.5, 0.6) is 0 Å². The van der Waals surface area contributed by atoms with E-state index in [1.807, 2.05) is 50.2 Å². The van der Waals surface area contributed by atoms with Crippen LogP contribution in [0.1, 0.15) is 21.7 Å². The van der Waals surface area contributed by atoms with E-state index < -0.39 is 0 Å². The molecule has 0 atom stereocenters. The Morgan fingerprint density at radius 1 is 0.920 bits per heavy atom. The standard InChI is InChI=1S/C20H16N4O/c1-12-13(2)23-18-11-15(8-9-16(18)22-12)20(25)24-17-7-3-5-14-6-4-10-21-19(14)17/h3-11H,1-2H3,(H,24,25). The number of anilines is 1. The van der Waals surface area contributed by atoms with E-state index in [1.54, 1.807) is 18.3 Å². The molecule has 4 aromatic rings. The number of benzene rings is 2. The van der Waals surface area contributed by atoms with Gasteiger partial charge < -0.3 is 5.32 Å². The molecule has 2 aromatic heterocycles. The number of hydrogen-bond acceptors (Lipinski definition) is 4. The van der Waals surface area contributed by atoms with Crippen LogP contribution in [0.25, 0.3) is 21.9 Å². The van der Waals surface area contributed by atoms with Crippen molar-refractivity contribution in [2.24, 2.45) is 0 Å². The largest absolute Gasteiger partial charge is 0.320 e. The van der Waals surface area contributed by atoms with Gasteiger partial charge in [-0.05, 0) is 44.2 Å². The Morgan fingerprint density at radius 2 is 1.68 bits per heavy atom. The molecule has 0 saturated carbocycles. The van der Waals surface area contributed by atoms with Crippen LogP contribution in [-0.2, 0) is 0 Å². The summed E-state index contributed by atoms with van der Waals surface area (Å²) in [6.07, 6.45) is 1.72. The first-order valence-electron chi connectivity index (χ1n) is 8.02. The molecule has 5 nitrogen and oxygen atoms in total. The maximum Gasteiger partial charge on any atom is 0.255 e. The number of hydrogen-bond donors (Lipinski definition) is 1. The summed E-state index contributed by atoms with van der Waals surface area (Å²) >= 11 is 0. The van der Waals surface area contributed by atoms with Gasteiger partial charge in [-0.3, -0.25) is 9.78 Å². The molecular formula is C20H16N4O. The van der Waals surface area contributed by atoms with E-state index in [4.69, 9.17) is 0 Å². The first kappa shape index (κ1) is 15.2. The average molecular weight is 328 g/mol. The maximum absolute atomic E-state index is 12.7. The Labute approximate surface area is 144 Å². The van der Waals surface area contributed by atoms with Gasteiger partial charge in [0.05, 0.1) is 33.6 Å². The predicted molar refractivity (Wildman–Crippen MR) is 98.7 cm³/mol. The van der Waals surface area contributed by atoms with E-state index in [0.717, 1.165) is 27.8 Å². The zero-order valence-electron chi connectivity index (χ0n) is 13.9. The lowest BCUT2D eigenvalue weighted by Crippen LogP contribution is -2.12. The minimum absolute atomic E-state index is 0.194. The Morgan fingerprint density at radius 3 is 2.52 bits per heavy atom. The second-order valence-corrected chi connectivity index (χ2v) is 5.93. The summed E-state index contributed by atoms with van der Waals surface area (Å²) in [6, 6.07) is 14.9. The van der Waals surface area contributed by atoms with Gasteiger partial charge in [-0.2, -0.15) is 0 Å². The van der Waals surface area contributed by atoms with Crippen molar-refractivity contribution in [1.29, 1.82) is 0 Å². The summed E-state index contributed by atoms with van der Waals surface area (Å²) in [5.74, 6) is -0.194. The highest BCUT2D eigenvalue weighted by atomic mass is 16.1. The van der Waals surface area contributed by atoms with Gasteiger partial charge in [0.15, 0.2) is 0 Å². The fraction of sp³-hybridized carbons (Fsp3) is 0.100. The van der Waals surface area contributed by atoms with Crippen LogP contribution in [0.15, 0.2) is 54.7 Å². The Hall–Kier alpha value is -3.34. The molecule has 2 heterocycles.